The number of likely N-dealkylation sites (tertiary alicyclic amines) is 1. The second-order valence-electron chi connectivity index (χ2n) is 7.25. The standard InChI is InChI=1S/C21H26N4O3/c1-14-5-7-18(24(14)2)21-23-22-20(28-21)13-25-10-9-15(12-25)17-11-16(26-3)6-8-19(17)27-4/h5-8,11,15H,9-10,12-13H2,1-4H3/t15-/m1/s1. The average molecular weight is 382 g/mol. The van der Waals surface area contributed by atoms with Crippen LogP contribution in [0.4, 0.5) is 0 Å². The van der Waals surface area contributed by atoms with Gasteiger partial charge in [0.25, 0.3) is 5.89 Å². The van der Waals surface area contributed by atoms with Crippen LogP contribution < -0.4 is 9.47 Å². The minimum atomic E-state index is 0.392. The van der Waals surface area contributed by atoms with Crippen molar-refractivity contribution >= 4 is 0 Å². The van der Waals surface area contributed by atoms with Crippen LogP contribution in [0.5, 0.6) is 11.5 Å². The normalized spacial score (nSPS) is 17.2. The SMILES string of the molecule is COc1ccc(OC)c([C@@H]2CCN(Cc3nnc(-c4ccc(C)n4C)o3)C2)c1. The van der Waals surface area contributed by atoms with Gasteiger partial charge in [0.15, 0.2) is 0 Å². The topological polar surface area (TPSA) is 65.6 Å². The first-order chi connectivity index (χ1) is 13.6. The van der Waals surface area contributed by atoms with Gasteiger partial charge in [-0.1, -0.05) is 0 Å². The molecule has 1 aliphatic rings. The first kappa shape index (κ1) is 18.6. The highest BCUT2D eigenvalue weighted by atomic mass is 16.5. The van der Waals surface area contributed by atoms with E-state index in [-0.39, 0.29) is 0 Å². The maximum atomic E-state index is 5.92. The zero-order chi connectivity index (χ0) is 19.7. The quantitative estimate of drug-likeness (QED) is 0.651. The zero-order valence-corrected chi connectivity index (χ0v) is 16.8. The Morgan fingerprint density at radius 1 is 1.14 bits per heavy atom. The second-order valence-corrected chi connectivity index (χ2v) is 7.25. The Kier molecular flexibility index (Phi) is 5.09. The van der Waals surface area contributed by atoms with Gasteiger partial charge in [-0.05, 0) is 50.2 Å². The van der Waals surface area contributed by atoms with Crippen LogP contribution >= 0.6 is 0 Å². The Morgan fingerprint density at radius 2 is 2.00 bits per heavy atom. The summed E-state index contributed by atoms with van der Waals surface area (Å²) in [5.41, 5.74) is 3.29. The molecule has 7 nitrogen and oxygen atoms in total. The van der Waals surface area contributed by atoms with Crippen molar-refractivity contribution in [2.24, 2.45) is 7.05 Å². The van der Waals surface area contributed by atoms with Crippen LogP contribution in [0.3, 0.4) is 0 Å². The molecule has 0 radical (unpaired) electrons. The summed E-state index contributed by atoms with van der Waals surface area (Å²) in [4.78, 5) is 2.34. The van der Waals surface area contributed by atoms with Crippen molar-refractivity contribution in [3.05, 3.63) is 47.5 Å². The highest BCUT2D eigenvalue weighted by Gasteiger charge is 2.28. The minimum Gasteiger partial charge on any atom is -0.497 e. The maximum absolute atomic E-state index is 5.92. The molecular weight excluding hydrogens is 356 g/mol. The number of nitrogens with zero attached hydrogens (tertiary/aromatic N) is 4. The van der Waals surface area contributed by atoms with Gasteiger partial charge in [-0.15, -0.1) is 10.2 Å². The summed E-state index contributed by atoms with van der Waals surface area (Å²) < 4.78 is 18.9. The Labute approximate surface area is 164 Å². The van der Waals surface area contributed by atoms with Crippen molar-refractivity contribution in [2.45, 2.75) is 25.8 Å². The third kappa shape index (κ3) is 3.49. The first-order valence-electron chi connectivity index (χ1n) is 9.48. The molecule has 7 heteroatoms. The van der Waals surface area contributed by atoms with Crippen LogP contribution in [-0.4, -0.2) is 47.0 Å². The summed E-state index contributed by atoms with van der Waals surface area (Å²) in [6.45, 7) is 4.60. The number of rotatable bonds is 6. The number of aryl methyl sites for hydroxylation is 1. The van der Waals surface area contributed by atoms with Crippen molar-refractivity contribution in [1.82, 2.24) is 19.7 Å². The van der Waals surface area contributed by atoms with E-state index in [0.29, 0.717) is 24.2 Å². The first-order valence-corrected chi connectivity index (χ1v) is 9.48. The van der Waals surface area contributed by atoms with Crippen molar-refractivity contribution in [2.75, 3.05) is 27.3 Å². The lowest BCUT2D eigenvalue weighted by Gasteiger charge is -2.17. The lowest BCUT2D eigenvalue weighted by Crippen LogP contribution is -2.20. The van der Waals surface area contributed by atoms with Crippen molar-refractivity contribution < 1.29 is 13.9 Å². The smallest absolute Gasteiger partial charge is 0.264 e. The molecule has 4 rings (SSSR count). The predicted octanol–water partition coefficient (Wildman–Crippen LogP) is 3.39. The molecule has 3 aromatic rings. The van der Waals surface area contributed by atoms with Crippen molar-refractivity contribution in [3.63, 3.8) is 0 Å². The summed E-state index contributed by atoms with van der Waals surface area (Å²) in [7, 11) is 5.40. The van der Waals surface area contributed by atoms with Gasteiger partial charge in [-0.2, -0.15) is 0 Å². The highest BCUT2D eigenvalue weighted by molar-refractivity contribution is 5.49. The third-order valence-corrected chi connectivity index (χ3v) is 5.57. The van der Waals surface area contributed by atoms with E-state index in [1.807, 2.05) is 31.3 Å². The van der Waals surface area contributed by atoms with Gasteiger partial charge >= 0.3 is 0 Å². The van der Waals surface area contributed by atoms with Crippen LogP contribution in [-0.2, 0) is 13.6 Å². The van der Waals surface area contributed by atoms with Crippen LogP contribution in [0.15, 0.2) is 34.7 Å². The molecule has 0 saturated carbocycles. The molecule has 0 bridgehead atoms. The van der Waals surface area contributed by atoms with Gasteiger partial charge in [0.05, 0.1) is 20.8 Å². The fourth-order valence-corrected chi connectivity index (χ4v) is 3.83. The maximum Gasteiger partial charge on any atom is 0.264 e. The minimum absolute atomic E-state index is 0.392. The number of methoxy groups -OCH3 is 2. The van der Waals surface area contributed by atoms with Crippen LogP contribution in [0, 0.1) is 6.92 Å². The summed E-state index contributed by atoms with van der Waals surface area (Å²) in [5.74, 6) is 3.37. The second kappa shape index (κ2) is 7.67. The van der Waals surface area contributed by atoms with E-state index in [0.717, 1.165) is 42.4 Å². The van der Waals surface area contributed by atoms with Crippen molar-refractivity contribution in [1.29, 1.82) is 0 Å². The molecular formula is C21H26N4O3. The van der Waals surface area contributed by atoms with Gasteiger partial charge in [0.2, 0.25) is 5.89 Å². The molecule has 28 heavy (non-hydrogen) atoms. The van der Waals surface area contributed by atoms with Crippen molar-refractivity contribution in [3.8, 4) is 23.1 Å². The molecule has 3 heterocycles. The summed E-state index contributed by atoms with van der Waals surface area (Å²) in [5, 5.41) is 8.48. The lowest BCUT2D eigenvalue weighted by atomic mass is 9.97. The van der Waals surface area contributed by atoms with Gasteiger partial charge in [0, 0.05) is 30.8 Å². The third-order valence-electron chi connectivity index (χ3n) is 5.57. The number of aromatic nitrogens is 3. The van der Waals surface area contributed by atoms with Gasteiger partial charge < -0.3 is 18.5 Å². The van der Waals surface area contributed by atoms with Gasteiger partial charge in [-0.3, -0.25) is 4.90 Å². The Balaban J connectivity index is 1.45. The van der Waals surface area contributed by atoms with E-state index in [2.05, 4.69) is 32.7 Å². The molecule has 0 amide bonds. The van der Waals surface area contributed by atoms with Crippen LogP contribution in [0.1, 0.15) is 29.5 Å². The molecule has 0 aliphatic carbocycles. The predicted molar refractivity (Wildman–Crippen MR) is 106 cm³/mol. The number of hydrogen-bond acceptors (Lipinski definition) is 6. The number of ether oxygens (including phenoxy) is 2. The fraction of sp³-hybridized carbons (Fsp3) is 0.429. The molecule has 1 fully saturated rings. The molecule has 0 spiro atoms. The average Bonchev–Trinajstić information content (AvgIpc) is 3.44. The van der Waals surface area contributed by atoms with Gasteiger partial charge in [0.1, 0.15) is 17.2 Å². The van der Waals surface area contributed by atoms with Crippen LogP contribution in [0.2, 0.25) is 0 Å². The molecule has 1 aliphatic heterocycles. The fourth-order valence-electron chi connectivity index (χ4n) is 3.83. The molecule has 148 valence electrons. The molecule has 1 atom stereocenters. The molecule has 1 aromatic carbocycles. The van der Waals surface area contributed by atoms with Crippen LogP contribution in [0.25, 0.3) is 11.6 Å². The Morgan fingerprint density at radius 3 is 2.71 bits per heavy atom. The number of benzene rings is 1. The summed E-state index contributed by atoms with van der Waals surface area (Å²) in [6, 6.07) is 10.0. The molecule has 1 saturated heterocycles. The largest absolute Gasteiger partial charge is 0.497 e. The number of hydrogen-bond donors (Lipinski definition) is 0. The molecule has 0 N–H and O–H groups in total. The van der Waals surface area contributed by atoms with Gasteiger partial charge in [-0.25, -0.2) is 0 Å². The van der Waals surface area contributed by atoms with E-state index in [4.69, 9.17) is 13.9 Å². The zero-order valence-electron chi connectivity index (χ0n) is 16.8. The molecule has 0 unspecified atom stereocenters. The van der Waals surface area contributed by atoms with E-state index in [1.165, 1.54) is 5.56 Å². The van der Waals surface area contributed by atoms with E-state index in [9.17, 15) is 0 Å². The summed E-state index contributed by atoms with van der Waals surface area (Å²) >= 11 is 0. The van der Waals surface area contributed by atoms with E-state index in [1.54, 1.807) is 14.2 Å². The summed E-state index contributed by atoms with van der Waals surface area (Å²) in [6.07, 6.45) is 1.06. The lowest BCUT2D eigenvalue weighted by molar-refractivity contribution is 0.288. The van der Waals surface area contributed by atoms with E-state index >= 15 is 0 Å². The molecule has 2 aromatic heterocycles. The monoisotopic (exact) mass is 382 g/mol. The Hall–Kier alpha value is -2.80. The van der Waals surface area contributed by atoms with E-state index < -0.39 is 0 Å². The highest BCUT2D eigenvalue weighted by Crippen LogP contribution is 2.36. The Bertz CT molecular complexity index is 962.